The second-order valence-corrected chi connectivity index (χ2v) is 6.49. The van der Waals surface area contributed by atoms with Crippen molar-refractivity contribution in [1.82, 2.24) is 19.6 Å². The fourth-order valence-electron chi connectivity index (χ4n) is 2.88. The van der Waals surface area contributed by atoms with Crippen molar-refractivity contribution < 1.29 is 9.53 Å². The highest BCUT2D eigenvalue weighted by Crippen LogP contribution is 2.28. The molecule has 0 N–H and O–H groups in total. The number of aryl methyl sites for hydroxylation is 1. The van der Waals surface area contributed by atoms with Crippen molar-refractivity contribution in [1.29, 1.82) is 0 Å². The molecule has 0 bridgehead atoms. The molecule has 1 aliphatic carbocycles. The summed E-state index contributed by atoms with van der Waals surface area (Å²) in [6, 6.07) is 0. The molecule has 0 unspecified atom stereocenters. The Hall–Kier alpha value is -1.40. The molecule has 0 atom stereocenters. The van der Waals surface area contributed by atoms with E-state index in [9.17, 15) is 4.79 Å². The van der Waals surface area contributed by atoms with Crippen LogP contribution in [-0.4, -0.2) is 64.9 Å². The minimum Gasteiger partial charge on any atom is -0.371 e. The SMILES string of the molecule is Cn1cc(CN2CCCN(C(=O)COCC3CC3)CC2)cn1. The average Bonchev–Trinajstić information content (AvgIpc) is 3.26. The van der Waals surface area contributed by atoms with Crippen molar-refractivity contribution in [3.05, 3.63) is 18.0 Å². The summed E-state index contributed by atoms with van der Waals surface area (Å²) in [6.45, 7) is 5.51. The van der Waals surface area contributed by atoms with Crippen LogP contribution in [0.4, 0.5) is 0 Å². The quantitative estimate of drug-likeness (QED) is 0.783. The van der Waals surface area contributed by atoms with Gasteiger partial charge in [0.1, 0.15) is 6.61 Å². The van der Waals surface area contributed by atoms with Gasteiger partial charge in [-0.1, -0.05) is 0 Å². The van der Waals surface area contributed by atoms with E-state index in [0.29, 0.717) is 5.92 Å². The molecule has 0 aromatic carbocycles. The van der Waals surface area contributed by atoms with Gasteiger partial charge in [0.2, 0.25) is 5.91 Å². The lowest BCUT2D eigenvalue weighted by atomic mass is 10.3. The van der Waals surface area contributed by atoms with Crippen molar-refractivity contribution in [2.75, 3.05) is 39.4 Å². The molecule has 2 fully saturated rings. The van der Waals surface area contributed by atoms with Crippen LogP contribution in [0.15, 0.2) is 12.4 Å². The van der Waals surface area contributed by atoms with Gasteiger partial charge in [0.05, 0.1) is 12.8 Å². The van der Waals surface area contributed by atoms with Crippen molar-refractivity contribution in [2.24, 2.45) is 13.0 Å². The van der Waals surface area contributed by atoms with E-state index in [1.807, 2.05) is 22.8 Å². The molecule has 2 heterocycles. The minimum absolute atomic E-state index is 0.142. The van der Waals surface area contributed by atoms with Crippen molar-refractivity contribution in [3.63, 3.8) is 0 Å². The van der Waals surface area contributed by atoms with E-state index in [1.54, 1.807) is 0 Å². The summed E-state index contributed by atoms with van der Waals surface area (Å²) in [5.74, 6) is 0.857. The number of carbonyl (C=O) groups excluding carboxylic acids is 1. The van der Waals surface area contributed by atoms with Gasteiger partial charge in [-0.05, 0) is 25.2 Å². The van der Waals surface area contributed by atoms with Crippen LogP contribution in [-0.2, 0) is 23.1 Å². The van der Waals surface area contributed by atoms with Gasteiger partial charge in [-0.2, -0.15) is 5.10 Å². The summed E-state index contributed by atoms with van der Waals surface area (Å²) in [6.07, 6.45) is 7.52. The fourth-order valence-corrected chi connectivity index (χ4v) is 2.88. The zero-order valence-electron chi connectivity index (χ0n) is 13.4. The predicted molar refractivity (Wildman–Crippen MR) is 83.2 cm³/mol. The molecule has 1 saturated heterocycles. The molecule has 1 aliphatic heterocycles. The van der Waals surface area contributed by atoms with Crippen LogP contribution in [0, 0.1) is 5.92 Å². The molecule has 3 rings (SSSR count). The van der Waals surface area contributed by atoms with E-state index >= 15 is 0 Å². The number of rotatable bonds is 6. The highest BCUT2D eigenvalue weighted by Gasteiger charge is 2.23. The molecule has 1 saturated carbocycles. The molecule has 6 heteroatoms. The first-order valence-corrected chi connectivity index (χ1v) is 8.26. The van der Waals surface area contributed by atoms with Gasteiger partial charge in [-0.3, -0.25) is 14.4 Å². The number of hydrogen-bond donors (Lipinski definition) is 0. The average molecular weight is 306 g/mol. The number of aromatic nitrogens is 2. The normalized spacial score (nSPS) is 20.1. The molecule has 1 amide bonds. The summed E-state index contributed by atoms with van der Waals surface area (Å²) < 4.78 is 7.36. The Morgan fingerprint density at radius 1 is 1.32 bits per heavy atom. The molecule has 1 aromatic heterocycles. The Balaban J connectivity index is 1.41. The third-order valence-electron chi connectivity index (χ3n) is 4.38. The molecule has 0 spiro atoms. The van der Waals surface area contributed by atoms with Gasteiger partial charge in [-0.15, -0.1) is 0 Å². The van der Waals surface area contributed by atoms with Crippen LogP contribution in [0.3, 0.4) is 0 Å². The Morgan fingerprint density at radius 2 is 2.18 bits per heavy atom. The van der Waals surface area contributed by atoms with E-state index in [2.05, 4.69) is 16.2 Å². The van der Waals surface area contributed by atoms with E-state index in [1.165, 1.54) is 18.4 Å². The molecule has 0 radical (unpaired) electrons. The first-order chi connectivity index (χ1) is 10.7. The minimum atomic E-state index is 0.142. The van der Waals surface area contributed by atoms with Crippen molar-refractivity contribution >= 4 is 5.91 Å². The maximum absolute atomic E-state index is 12.2. The number of amides is 1. The summed E-state index contributed by atoms with van der Waals surface area (Å²) in [7, 11) is 1.94. The van der Waals surface area contributed by atoms with Crippen molar-refractivity contribution in [3.8, 4) is 0 Å². The Bertz CT molecular complexity index is 498. The molecule has 6 nitrogen and oxygen atoms in total. The number of hydrogen-bond acceptors (Lipinski definition) is 4. The molecular formula is C16H26N4O2. The monoisotopic (exact) mass is 306 g/mol. The van der Waals surface area contributed by atoms with Crippen LogP contribution in [0.2, 0.25) is 0 Å². The van der Waals surface area contributed by atoms with Crippen LogP contribution in [0.5, 0.6) is 0 Å². The lowest BCUT2D eigenvalue weighted by Gasteiger charge is -2.21. The molecular weight excluding hydrogens is 280 g/mol. The van der Waals surface area contributed by atoms with Gasteiger partial charge in [-0.25, -0.2) is 0 Å². The standard InChI is InChI=1S/C16H26N4O2/c1-18-10-15(9-17-18)11-19-5-2-6-20(8-7-19)16(21)13-22-12-14-3-4-14/h9-10,14H,2-8,11-13H2,1H3. The maximum Gasteiger partial charge on any atom is 0.248 e. The van der Waals surface area contributed by atoms with E-state index in [4.69, 9.17) is 4.74 Å². The molecule has 2 aliphatic rings. The predicted octanol–water partition coefficient (Wildman–Crippen LogP) is 0.881. The summed E-state index contributed by atoms with van der Waals surface area (Å²) in [4.78, 5) is 16.5. The smallest absolute Gasteiger partial charge is 0.248 e. The maximum atomic E-state index is 12.2. The lowest BCUT2D eigenvalue weighted by Crippen LogP contribution is -2.37. The van der Waals surface area contributed by atoms with Crippen molar-refractivity contribution in [2.45, 2.75) is 25.8 Å². The number of ether oxygens (including phenoxy) is 1. The summed E-state index contributed by atoms with van der Waals surface area (Å²) in [5.41, 5.74) is 1.23. The highest BCUT2D eigenvalue weighted by atomic mass is 16.5. The first-order valence-electron chi connectivity index (χ1n) is 8.26. The zero-order chi connectivity index (χ0) is 15.4. The third kappa shape index (κ3) is 4.55. The van der Waals surface area contributed by atoms with E-state index in [-0.39, 0.29) is 12.5 Å². The van der Waals surface area contributed by atoms with Gasteiger partial charge in [0.25, 0.3) is 0 Å². The molecule has 22 heavy (non-hydrogen) atoms. The van der Waals surface area contributed by atoms with Gasteiger partial charge in [0.15, 0.2) is 0 Å². The highest BCUT2D eigenvalue weighted by molar-refractivity contribution is 5.77. The van der Waals surface area contributed by atoms with Gasteiger partial charge >= 0.3 is 0 Å². The number of carbonyl (C=O) groups is 1. The van der Waals surface area contributed by atoms with Crippen LogP contribution in [0.25, 0.3) is 0 Å². The van der Waals surface area contributed by atoms with Crippen LogP contribution in [0.1, 0.15) is 24.8 Å². The van der Waals surface area contributed by atoms with E-state index < -0.39 is 0 Å². The fraction of sp³-hybridized carbons (Fsp3) is 0.750. The summed E-state index contributed by atoms with van der Waals surface area (Å²) in [5, 5.41) is 4.21. The van der Waals surface area contributed by atoms with Crippen LogP contribution < -0.4 is 0 Å². The lowest BCUT2D eigenvalue weighted by molar-refractivity contribution is -0.136. The summed E-state index contributed by atoms with van der Waals surface area (Å²) >= 11 is 0. The number of nitrogens with zero attached hydrogens (tertiary/aromatic N) is 4. The third-order valence-corrected chi connectivity index (χ3v) is 4.38. The van der Waals surface area contributed by atoms with Gasteiger partial charge < -0.3 is 9.64 Å². The zero-order valence-corrected chi connectivity index (χ0v) is 13.4. The second-order valence-electron chi connectivity index (χ2n) is 6.49. The molecule has 122 valence electrons. The first kappa shape index (κ1) is 15.5. The second kappa shape index (κ2) is 7.24. The topological polar surface area (TPSA) is 50.6 Å². The molecule has 1 aromatic rings. The Morgan fingerprint density at radius 3 is 2.91 bits per heavy atom. The Kier molecular flexibility index (Phi) is 5.10. The largest absolute Gasteiger partial charge is 0.371 e. The Labute approximate surface area is 132 Å². The van der Waals surface area contributed by atoms with Gasteiger partial charge in [0, 0.05) is 51.5 Å². The van der Waals surface area contributed by atoms with E-state index in [0.717, 1.165) is 45.8 Å². The van der Waals surface area contributed by atoms with Crippen LogP contribution >= 0.6 is 0 Å².